The fourth-order valence-electron chi connectivity index (χ4n) is 2.19. The van der Waals surface area contributed by atoms with E-state index < -0.39 is 12.1 Å². The summed E-state index contributed by atoms with van der Waals surface area (Å²) in [6, 6.07) is 14.6. The van der Waals surface area contributed by atoms with E-state index in [-0.39, 0.29) is 12.3 Å². The molecule has 0 aromatic heterocycles. The zero-order valence-electron chi connectivity index (χ0n) is 13.9. The highest BCUT2D eigenvalue weighted by molar-refractivity contribution is 9.10. The van der Waals surface area contributed by atoms with Crippen LogP contribution in [0.4, 0.5) is 4.79 Å². The molecule has 0 fully saturated rings. The Bertz CT molecular complexity index is 815. The first-order valence-electron chi connectivity index (χ1n) is 7.57. The summed E-state index contributed by atoms with van der Waals surface area (Å²) in [4.78, 5) is 23.5. The van der Waals surface area contributed by atoms with Crippen LogP contribution in [0.1, 0.15) is 23.6 Å². The quantitative estimate of drug-likeness (QED) is 0.720. The molecule has 0 saturated heterocycles. The summed E-state index contributed by atoms with van der Waals surface area (Å²) in [6.45, 7) is 3.61. The van der Waals surface area contributed by atoms with E-state index in [1.165, 1.54) is 0 Å². The molecule has 0 saturated carbocycles. The third kappa shape index (κ3) is 5.19. The predicted molar refractivity (Wildman–Crippen MR) is 98.9 cm³/mol. The molecule has 0 aliphatic heterocycles. The third-order valence-electron chi connectivity index (χ3n) is 3.62. The lowest BCUT2D eigenvalue weighted by atomic mass is 10.0. The number of aryl methyl sites for hydroxylation is 1. The zero-order valence-corrected chi connectivity index (χ0v) is 15.5. The van der Waals surface area contributed by atoms with Gasteiger partial charge in [-0.15, -0.1) is 0 Å². The fourth-order valence-corrected chi connectivity index (χ4v) is 2.44. The molecule has 0 bridgehead atoms. The predicted octanol–water partition coefficient (Wildman–Crippen LogP) is 4.50. The second kappa shape index (κ2) is 8.48. The van der Waals surface area contributed by atoms with Crippen LogP contribution < -0.4 is 5.32 Å². The van der Waals surface area contributed by atoms with Gasteiger partial charge < -0.3 is 9.84 Å². The zero-order chi connectivity index (χ0) is 18.4. The van der Waals surface area contributed by atoms with Crippen LogP contribution in [0.25, 0.3) is 5.57 Å². The molecule has 0 unspecified atom stereocenters. The topological polar surface area (TPSA) is 75.6 Å². The monoisotopic (exact) mass is 403 g/mol. The number of carbonyl (C=O) groups is 2. The van der Waals surface area contributed by atoms with Crippen molar-refractivity contribution in [3.05, 3.63) is 75.4 Å². The van der Waals surface area contributed by atoms with Gasteiger partial charge in [-0.2, -0.15) is 0 Å². The van der Waals surface area contributed by atoms with Crippen molar-refractivity contribution in [2.45, 2.75) is 20.5 Å². The normalized spacial score (nSPS) is 11.5. The number of benzene rings is 2. The maximum Gasteiger partial charge on any atom is 0.412 e. The standard InChI is InChI=1S/C19H18BrNO4/c1-12-10-15(8-9-16(12)20)13(2)17(18(22)23)21-19(24)25-11-14-6-4-3-5-7-14/h3-10H,11H2,1-2H3,(H,21,24)(H,22,23). The summed E-state index contributed by atoms with van der Waals surface area (Å²) in [5, 5.41) is 11.8. The van der Waals surface area contributed by atoms with E-state index in [1.807, 2.05) is 49.4 Å². The molecule has 0 heterocycles. The summed E-state index contributed by atoms with van der Waals surface area (Å²) in [5.41, 5.74) is 2.73. The van der Waals surface area contributed by atoms with Gasteiger partial charge in [0, 0.05) is 4.47 Å². The van der Waals surface area contributed by atoms with Crippen molar-refractivity contribution in [1.82, 2.24) is 5.32 Å². The number of carbonyl (C=O) groups excluding carboxylic acids is 1. The van der Waals surface area contributed by atoms with E-state index in [4.69, 9.17) is 4.74 Å². The lowest BCUT2D eigenvalue weighted by molar-refractivity contribution is -0.133. The molecular weight excluding hydrogens is 386 g/mol. The Balaban J connectivity index is 2.15. The second-order valence-corrected chi connectivity index (χ2v) is 6.31. The smallest absolute Gasteiger partial charge is 0.412 e. The first-order chi connectivity index (χ1) is 11.9. The van der Waals surface area contributed by atoms with Gasteiger partial charge in [-0.1, -0.05) is 58.4 Å². The molecule has 0 atom stereocenters. The van der Waals surface area contributed by atoms with Crippen molar-refractivity contribution < 1.29 is 19.4 Å². The van der Waals surface area contributed by atoms with E-state index in [9.17, 15) is 14.7 Å². The van der Waals surface area contributed by atoms with Crippen LogP contribution in [0, 0.1) is 6.92 Å². The molecule has 0 aliphatic carbocycles. The Morgan fingerprint density at radius 2 is 1.84 bits per heavy atom. The Morgan fingerprint density at radius 1 is 1.16 bits per heavy atom. The van der Waals surface area contributed by atoms with Crippen LogP contribution in [0.3, 0.4) is 0 Å². The maximum atomic E-state index is 11.9. The van der Waals surface area contributed by atoms with Gasteiger partial charge in [-0.05, 0) is 42.2 Å². The molecule has 2 aromatic rings. The Morgan fingerprint density at radius 3 is 2.44 bits per heavy atom. The highest BCUT2D eigenvalue weighted by Crippen LogP contribution is 2.23. The van der Waals surface area contributed by atoms with Gasteiger partial charge in [0.25, 0.3) is 0 Å². The average Bonchev–Trinajstić information content (AvgIpc) is 2.60. The summed E-state index contributed by atoms with van der Waals surface area (Å²) in [7, 11) is 0. The average molecular weight is 404 g/mol. The van der Waals surface area contributed by atoms with Crippen molar-refractivity contribution in [3.63, 3.8) is 0 Å². The molecule has 0 spiro atoms. The first-order valence-corrected chi connectivity index (χ1v) is 8.36. The van der Waals surface area contributed by atoms with E-state index in [1.54, 1.807) is 13.0 Å². The van der Waals surface area contributed by atoms with Crippen LogP contribution in [0.2, 0.25) is 0 Å². The molecule has 2 rings (SSSR count). The summed E-state index contributed by atoms with van der Waals surface area (Å²) in [5.74, 6) is -1.23. The van der Waals surface area contributed by atoms with Crippen molar-refractivity contribution >= 4 is 33.6 Å². The molecule has 0 aliphatic rings. The van der Waals surface area contributed by atoms with Gasteiger partial charge in [0.15, 0.2) is 0 Å². The third-order valence-corrected chi connectivity index (χ3v) is 4.51. The molecule has 25 heavy (non-hydrogen) atoms. The largest absolute Gasteiger partial charge is 0.477 e. The first kappa shape index (κ1) is 18.7. The van der Waals surface area contributed by atoms with Gasteiger partial charge in [0.05, 0.1) is 0 Å². The van der Waals surface area contributed by atoms with E-state index in [0.29, 0.717) is 11.1 Å². The highest BCUT2D eigenvalue weighted by Gasteiger charge is 2.17. The molecular formula is C19H18BrNO4. The van der Waals surface area contributed by atoms with Crippen LogP contribution in [-0.4, -0.2) is 17.2 Å². The number of carboxylic acids is 1. The van der Waals surface area contributed by atoms with Crippen LogP contribution in [0.15, 0.2) is 58.7 Å². The van der Waals surface area contributed by atoms with E-state index in [2.05, 4.69) is 21.2 Å². The number of ether oxygens (including phenoxy) is 1. The fraction of sp³-hybridized carbons (Fsp3) is 0.158. The Hall–Kier alpha value is -2.60. The van der Waals surface area contributed by atoms with E-state index >= 15 is 0 Å². The van der Waals surface area contributed by atoms with Gasteiger partial charge in [0.2, 0.25) is 0 Å². The molecule has 0 radical (unpaired) electrons. The molecule has 6 heteroatoms. The Labute approximate surface area is 154 Å². The minimum atomic E-state index is -1.23. The maximum absolute atomic E-state index is 11.9. The summed E-state index contributed by atoms with van der Waals surface area (Å²) >= 11 is 3.41. The number of carboxylic acid groups (broad SMARTS) is 1. The van der Waals surface area contributed by atoms with Gasteiger partial charge in [-0.3, -0.25) is 5.32 Å². The number of allylic oxidation sites excluding steroid dienone is 1. The summed E-state index contributed by atoms with van der Waals surface area (Å²) in [6.07, 6.45) is -0.811. The minimum Gasteiger partial charge on any atom is -0.477 e. The van der Waals surface area contributed by atoms with Crippen LogP contribution in [-0.2, 0) is 16.1 Å². The van der Waals surface area contributed by atoms with E-state index in [0.717, 1.165) is 15.6 Å². The lowest BCUT2D eigenvalue weighted by Gasteiger charge is -2.12. The van der Waals surface area contributed by atoms with Gasteiger partial charge >= 0.3 is 12.1 Å². The number of alkyl carbamates (subject to hydrolysis) is 1. The van der Waals surface area contributed by atoms with Crippen molar-refractivity contribution in [3.8, 4) is 0 Å². The van der Waals surface area contributed by atoms with Crippen molar-refractivity contribution in [1.29, 1.82) is 0 Å². The number of halogens is 1. The second-order valence-electron chi connectivity index (χ2n) is 5.46. The number of hydrogen-bond donors (Lipinski definition) is 2. The Kier molecular flexibility index (Phi) is 6.36. The van der Waals surface area contributed by atoms with Crippen LogP contribution in [0.5, 0.6) is 0 Å². The number of nitrogens with one attached hydrogen (secondary N) is 1. The molecule has 2 aromatic carbocycles. The SMILES string of the molecule is CC(=C(NC(=O)OCc1ccccc1)C(=O)O)c1ccc(Br)c(C)c1. The molecule has 1 amide bonds. The van der Waals surface area contributed by atoms with Gasteiger partial charge in [-0.25, -0.2) is 9.59 Å². The molecule has 5 nitrogen and oxygen atoms in total. The number of aliphatic carboxylic acids is 1. The number of rotatable bonds is 5. The minimum absolute atomic E-state index is 0.0655. The van der Waals surface area contributed by atoms with Crippen molar-refractivity contribution in [2.24, 2.45) is 0 Å². The molecule has 2 N–H and O–H groups in total. The summed E-state index contributed by atoms with van der Waals surface area (Å²) < 4.78 is 6.01. The van der Waals surface area contributed by atoms with Crippen LogP contribution >= 0.6 is 15.9 Å². The molecule has 130 valence electrons. The van der Waals surface area contributed by atoms with Gasteiger partial charge in [0.1, 0.15) is 12.3 Å². The number of amides is 1. The lowest BCUT2D eigenvalue weighted by Crippen LogP contribution is -2.28. The number of hydrogen-bond acceptors (Lipinski definition) is 3. The van der Waals surface area contributed by atoms with Crippen molar-refractivity contribution in [2.75, 3.05) is 0 Å². The highest BCUT2D eigenvalue weighted by atomic mass is 79.9.